The lowest BCUT2D eigenvalue weighted by molar-refractivity contribution is 0.0999. The van der Waals surface area contributed by atoms with E-state index in [0.29, 0.717) is 12.5 Å². The minimum Gasteiger partial charge on any atom is -0.395 e. The van der Waals surface area contributed by atoms with Crippen LogP contribution >= 0.6 is 0 Å². The maximum absolute atomic E-state index is 8.81. The molecule has 1 unspecified atom stereocenters. The SMILES string of the molecule is CC1CN(Cc2ccccc2C#CCCO)CCN1C. The van der Waals surface area contributed by atoms with E-state index in [9.17, 15) is 0 Å². The van der Waals surface area contributed by atoms with Gasteiger partial charge >= 0.3 is 0 Å². The molecule has 20 heavy (non-hydrogen) atoms. The summed E-state index contributed by atoms with van der Waals surface area (Å²) in [5.74, 6) is 6.19. The highest BCUT2D eigenvalue weighted by Gasteiger charge is 2.20. The maximum atomic E-state index is 8.81. The number of aliphatic hydroxyl groups is 1. The number of rotatable bonds is 3. The summed E-state index contributed by atoms with van der Waals surface area (Å²) in [7, 11) is 2.19. The standard InChI is InChI=1S/C17H24N2O/c1-15-13-19(11-10-18(15)2)14-17-9-4-3-7-16(17)8-5-6-12-20/h3-4,7,9,15,20H,6,10-14H2,1-2H3. The third-order valence-corrected chi connectivity index (χ3v) is 3.91. The van der Waals surface area contributed by atoms with E-state index in [2.05, 4.69) is 53.8 Å². The predicted octanol–water partition coefficient (Wildman–Crippen LogP) is 1.56. The molecule has 1 heterocycles. The van der Waals surface area contributed by atoms with Gasteiger partial charge in [-0.25, -0.2) is 0 Å². The lowest BCUT2D eigenvalue weighted by atomic mass is 10.1. The summed E-state index contributed by atoms with van der Waals surface area (Å²) in [4.78, 5) is 4.90. The second-order valence-electron chi connectivity index (χ2n) is 5.50. The Morgan fingerprint density at radius 3 is 2.85 bits per heavy atom. The number of nitrogens with zero attached hydrogens (tertiary/aromatic N) is 2. The van der Waals surface area contributed by atoms with E-state index in [1.165, 1.54) is 5.56 Å². The van der Waals surface area contributed by atoms with Crippen LogP contribution in [-0.4, -0.2) is 54.2 Å². The number of hydrogen-bond acceptors (Lipinski definition) is 3. The molecule has 1 aliphatic rings. The summed E-state index contributed by atoms with van der Waals surface area (Å²) >= 11 is 0. The quantitative estimate of drug-likeness (QED) is 0.846. The van der Waals surface area contributed by atoms with Crippen LogP contribution in [0.1, 0.15) is 24.5 Å². The van der Waals surface area contributed by atoms with Gasteiger partial charge in [-0.15, -0.1) is 0 Å². The highest BCUT2D eigenvalue weighted by Crippen LogP contribution is 2.14. The van der Waals surface area contributed by atoms with Crippen LogP contribution < -0.4 is 0 Å². The molecule has 1 atom stereocenters. The van der Waals surface area contributed by atoms with Gasteiger partial charge in [0.25, 0.3) is 0 Å². The topological polar surface area (TPSA) is 26.7 Å². The fourth-order valence-electron chi connectivity index (χ4n) is 2.50. The molecule has 108 valence electrons. The molecule has 1 aromatic carbocycles. The van der Waals surface area contributed by atoms with Crippen LogP contribution in [-0.2, 0) is 6.54 Å². The molecular formula is C17H24N2O. The zero-order valence-corrected chi connectivity index (χ0v) is 12.5. The lowest BCUT2D eigenvalue weighted by Crippen LogP contribution is -2.49. The Morgan fingerprint density at radius 1 is 1.30 bits per heavy atom. The average molecular weight is 272 g/mol. The van der Waals surface area contributed by atoms with Crippen molar-refractivity contribution < 1.29 is 5.11 Å². The molecule has 0 aromatic heterocycles. The number of aliphatic hydroxyl groups excluding tert-OH is 1. The van der Waals surface area contributed by atoms with Crippen LogP contribution in [0, 0.1) is 11.8 Å². The Bertz CT molecular complexity index is 489. The van der Waals surface area contributed by atoms with Crippen molar-refractivity contribution in [3.8, 4) is 11.8 Å². The van der Waals surface area contributed by atoms with E-state index in [1.807, 2.05) is 6.07 Å². The maximum Gasteiger partial charge on any atom is 0.0540 e. The van der Waals surface area contributed by atoms with E-state index in [1.54, 1.807) is 0 Å². The van der Waals surface area contributed by atoms with Crippen molar-refractivity contribution in [1.82, 2.24) is 9.80 Å². The molecule has 1 saturated heterocycles. The van der Waals surface area contributed by atoms with Crippen molar-refractivity contribution >= 4 is 0 Å². The first-order chi connectivity index (χ1) is 9.70. The molecule has 0 spiro atoms. The third kappa shape index (κ3) is 4.08. The zero-order valence-electron chi connectivity index (χ0n) is 12.5. The molecule has 0 bridgehead atoms. The van der Waals surface area contributed by atoms with Gasteiger partial charge in [-0.3, -0.25) is 4.90 Å². The van der Waals surface area contributed by atoms with Gasteiger partial charge in [0.1, 0.15) is 0 Å². The molecular weight excluding hydrogens is 248 g/mol. The molecule has 2 rings (SSSR count). The van der Waals surface area contributed by atoms with E-state index in [4.69, 9.17) is 5.11 Å². The highest BCUT2D eigenvalue weighted by atomic mass is 16.2. The third-order valence-electron chi connectivity index (χ3n) is 3.91. The van der Waals surface area contributed by atoms with Crippen LogP contribution in [0.15, 0.2) is 24.3 Å². The zero-order chi connectivity index (χ0) is 14.4. The van der Waals surface area contributed by atoms with Gasteiger partial charge < -0.3 is 10.0 Å². The van der Waals surface area contributed by atoms with Crippen molar-refractivity contribution in [3.05, 3.63) is 35.4 Å². The van der Waals surface area contributed by atoms with E-state index < -0.39 is 0 Å². The van der Waals surface area contributed by atoms with Crippen molar-refractivity contribution in [2.24, 2.45) is 0 Å². The van der Waals surface area contributed by atoms with Crippen LogP contribution in [0.4, 0.5) is 0 Å². The van der Waals surface area contributed by atoms with Crippen molar-refractivity contribution in [2.75, 3.05) is 33.3 Å². The number of hydrogen-bond donors (Lipinski definition) is 1. The number of benzene rings is 1. The molecule has 0 saturated carbocycles. The molecule has 0 aliphatic carbocycles. The number of likely N-dealkylation sites (N-methyl/N-ethyl adjacent to an activating group) is 1. The second-order valence-corrected chi connectivity index (χ2v) is 5.50. The van der Waals surface area contributed by atoms with Gasteiger partial charge in [-0.1, -0.05) is 30.0 Å². The molecule has 3 heteroatoms. The molecule has 1 aromatic rings. The van der Waals surface area contributed by atoms with Crippen molar-refractivity contribution in [3.63, 3.8) is 0 Å². The van der Waals surface area contributed by atoms with Gasteiger partial charge in [0.05, 0.1) is 6.61 Å². The molecule has 1 fully saturated rings. The first-order valence-electron chi connectivity index (χ1n) is 7.31. The molecule has 0 amide bonds. The van der Waals surface area contributed by atoms with Crippen LogP contribution in [0.5, 0.6) is 0 Å². The van der Waals surface area contributed by atoms with Gasteiger partial charge in [-0.05, 0) is 25.6 Å². The Balaban J connectivity index is 2.04. The summed E-state index contributed by atoms with van der Waals surface area (Å²) in [5, 5.41) is 8.81. The first kappa shape index (κ1) is 15.1. The van der Waals surface area contributed by atoms with Crippen molar-refractivity contribution in [1.29, 1.82) is 0 Å². The second kappa shape index (κ2) is 7.44. The van der Waals surface area contributed by atoms with Crippen LogP contribution in [0.2, 0.25) is 0 Å². The minimum absolute atomic E-state index is 0.130. The fourth-order valence-corrected chi connectivity index (χ4v) is 2.50. The lowest BCUT2D eigenvalue weighted by Gasteiger charge is -2.37. The minimum atomic E-state index is 0.130. The molecule has 1 aliphatic heterocycles. The van der Waals surface area contributed by atoms with E-state index in [0.717, 1.165) is 31.7 Å². The summed E-state index contributed by atoms with van der Waals surface area (Å²) in [6.45, 7) is 6.71. The largest absolute Gasteiger partial charge is 0.395 e. The van der Waals surface area contributed by atoms with E-state index in [-0.39, 0.29) is 6.61 Å². The Morgan fingerprint density at radius 2 is 2.10 bits per heavy atom. The van der Waals surface area contributed by atoms with Gasteiger partial charge in [0.2, 0.25) is 0 Å². The normalized spacial score (nSPS) is 20.4. The molecule has 3 nitrogen and oxygen atoms in total. The van der Waals surface area contributed by atoms with Crippen LogP contribution in [0.25, 0.3) is 0 Å². The number of piperazine rings is 1. The monoisotopic (exact) mass is 272 g/mol. The summed E-state index contributed by atoms with van der Waals surface area (Å²) in [5.41, 5.74) is 2.38. The molecule has 0 radical (unpaired) electrons. The summed E-state index contributed by atoms with van der Waals surface area (Å²) < 4.78 is 0. The van der Waals surface area contributed by atoms with Crippen LogP contribution in [0.3, 0.4) is 0 Å². The van der Waals surface area contributed by atoms with Gasteiger partial charge in [0.15, 0.2) is 0 Å². The Kier molecular flexibility index (Phi) is 5.60. The van der Waals surface area contributed by atoms with Gasteiger partial charge in [0, 0.05) is 44.2 Å². The van der Waals surface area contributed by atoms with Gasteiger partial charge in [-0.2, -0.15) is 0 Å². The molecule has 1 N–H and O–H groups in total. The fraction of sp³-hybridized carbons (Fsp3) is 0.529. The van der Waals surface area contributed by atoms with Crippen molar-refractivity contribution in [2.45, 2.75) is 25.9 Å². The summed E-state index contributed by atoms with van der Waals surface area (Å²) in [6.07, 6.45) is 0.542. The Labute approximate surface area is 122 Å². The van der Waals surface area contributed by atoms with E-state index >= 15 is 0 Å². The highest BCUT2D eigenvalue weighted by molar-refractivity contribution is 5.41. The smallest absolute Gasteiger partial charge is 0.0540 e. The predicted molar refractivity (Wildman–Crippen MR) is 82.4 cm³/mol. The first-order valence-corrected chi connectivity index (χ1v) is 7.31. The Hall–Kier alpha value is -1.34. The summed E-state index contributed by atoms with van der Waals surface area (Å²) in [6, 6.07) is 8.94. The average Bonchev–Trinajstić information content (AvgIpc) is 2.45.